The van der Waals surface area contributed by atoms with E-state index in [0.717, 1.165) is 56.3 Å². The van der Waals surface area contributed by atoms with E-state index in [9.17, 15) is 0 Å². The summed E-state index contributed by atoms with van der Waals surface area (Å²) in [5.41, 5.74) is 9.63. The molecule has 0 N–H and O–H groups in total. The van der Waals surface area contributed by atoms with Gasteiger partial charge in [-0.05, 0) is 54.6 Å². The lowest BCUT2D eigenvalue weighted by Crippen LogP contribution is -1.96. The molecule has 0 spiro atoms. The number of fused-ring (bicyclic) bond motifs is 4. The maximum absolute atomic E-state index is 5.06. The van der Waals surface area contributed by atoms with Crippen LogP contribution in [0.5, 0.6) is 0 Å². The van der Waals surface area contributed by atoms with Crippen molar-refractivity contribution < 1.29 is 0 Å². The molecule has 0 fully saturated rings. The van der Waals surface area contributed by atoms with Gasteiger partial charge in [0.2, 0.25) is 0 Å². The molecule has 4 heterocycles. The molecule has 0 amide bonds. The first-order chi connectivity index (χ1) is 20.2. The Kier molecular flexibility index (Phi) is 5.15. The average molecular weight is 531 g/mol. The van der Waals surface area contributed by atoms with Gasteiger partial charge in [0, 0.05) is 65.8 Å². The first-order valence-electron chi connectivity index (χ1n) is 13.7. The fourth-order valence-electron chi connectivity index (χ4n) is 5.96. The molecule has 8 rings (SSSR count). The Balaban J connectivity index is 1.32. The maximum Gasteiger partial charge on any atom is 0.140 e. The molecule has 41 heavy (non-hydrogen) atoms. The van der Waals surface area contributed by atoms with Crippen LogP contribution in [0.3, 0.4) is 0 Å². The molecule has 196 valence electrons. The zero-order valence-electron chi connectivity index (χ0n) is 22.7. The number of nitrogens with zero attached hydrogens (tertiary/aromatic N) is 6. The zero-order valence-corrected chi connectivity index (χ0v) is 22.7. The van der Waals surface area contributed by atoms with Gasteiger partial charge in [0.1, 0.15) is 11.6 Å². The molecule has 0 unspecified atom stereocenters. The van der Waals surface area contributed by atoms with E-state index < -0.39 is 0 Å². The van der Waals surface area contributed by atoms with E-state index in [1.54, 1.807) is 0 Å². The van der Waals surface area contributed by atoms with Gasteiger partial charge in [-0.3, -0.25) is 4.98 Å². The molecule has 0 atom stereocenters. The second kappa shape index (κ2) is 9.03. The van der Waals surface area contributed by atoms with Crippen molar-refractivity contribution >= 4 is 32.8 Å². The van der Waals surface area contributed by atoms with Crippen LogP contribution in [0.4, 0.5) is 0 Å². The van der Waals surface area contributed by atoms with Crippen LogP contribution in [0.25, 0.3) is 72.6 Å². The predicted molar refractivity (Wildman–Crippen MR) is 166 cm³/mol. The molecule has 0 radical (unpaired) electrons. The van der Waals surface area contributed by atoms with Crippen molar-refractivity contribution in [3.05, 3.63) is 122 Å². The summed E-state index contributed by atoms with van der Waals surface area (Å²) >= 11 is 0. The number of benzene rings is 4. The fourth-order valence-corrected chi connectivity index (χ4v) is 5.96. The molecular weight excluding hydrogens is 504 g/mol. The number of pyridine rings is 1. The third-order valence-corrected chi connectivity index (χ3v) is 7.96. The van der Waals surface area contributed by atoms with Gasteiger partial charge in [-0.25, -0.2) is 9.97 Å². The smallest absolute Gasteiger partial charge is 0.140 e. The first kappa shape index (κ1) is 23.4. The minimum Gasteiger partial charge on any atom is -0.334 e. The van der Waals surface area contributed by atoms with Gasteiger partial charge in [0.25, 0.3) is 0 Å². The maximum atomic E-state index is 5.06. The highest BCUT2D eigenvalue weighted by molar-refractivity contribution is 6.10. The molecule has 0 aliphatic carbocycles. The van der Waals surface area contributed by atoms with Gasteiger partial charge >= 0.3 is 0 Å². The quantitative estimate of drug-likeness (QED) is 0.233. The fraction of sp³-hybridized carbons (Fsp3) is 0.0571. The number of aryl methyl sites for hydroxylation is 2. The lowest BCUT2D eigenvalue weighted by atomic mass is 10.1. The van der Waals surface area contributed by atoms with Crippen molar-refractivity contribution in [2.45, 2.75) is 0 Å². The van der Waals surface area contributed by atoms with Gasteiger partial charge in [-0.15, -0.1) is 0 Å². The summed E-state index contributed by atoms with van der Waals surface area (Å²) in [5, 5.41) is 2.44. The average Bonchev–Trinajstić information content (AvgIpc) is 3.70. The molecule has 4 aromatic carbocycles. The van der Waals surface area contributed by atoms with E-state index in [4.69, 9.17) is 4.98 Å². The minimum absolute atomic E-state index is 0.929. The van der Waals surface area contributed by atoms with E-state index in [1.165, 1.54) is 16.3 Å². The number of hydrogen-bond donors (Lipinski definition) is 0. The van der Waals surface area contributed by atoms with E-state index in [2.05, 4.69) is 111 Å². The van der Waals surface area contributed by atoms with Crippen LogP contribution in [0, 0.1) is 0 Å². The SMILES string of the molecule is Cn1ccnc1-c1ccc2nc(-c3ccc4c5ccccc5n(-c5cccc(-c6ccccn6)c5)c4c3)n(C)c2c1. The number of imidazole rings is 2. The van der Waals surface area contributed by atoms with E-state index in [1.807, 2.05) is 48.4 Å². The molecule has 0 saturated heterocycles. The Morgan fingerprint density at radius 3 is 2.22 bits per heavy atom. The van der Waals surface area contributed by atoms with Crippen LogP contribution in [0.2, 0.25) is 0 Å². The third kappa shape index (κ3) is 3.68. The molecule has 0 saturated carbocycles. The number of hydrogen-bond acceptors (Lipinski definition) is 3. The summed E-state index contributed by atoms with van der Waals surface area (Å²) in [6.45, 7) is 0. The summed E-state index contributed by atoms with van der Waals surface area (Å²) in [5.74, 6) is 1.87. The summed E-state index contributed by atoms with van der Waals surface area (Å²) in [4.78, 5) is 14.2. The first-order valence-corrected chi connectivity index (χ1v) is 13.7. The molecule has 4 aromatic heterocycles. The number of para-hydroxylation sites is 1. The molecule has 0 bridgehead atoms. The third-order valence-electron chi connectivity index (χ3n) is 7.96. The molecule has 8 aromatic rings. The highest BCUT2D eigenvalue weighted by atomic mass is 15.1. The van der Waals surface area contributed by atoms with Crippen LogP contribution in [0.15, 0.2) is 122 Å². The summed E-state index contributed by atoms with van der Waals surface area (Å²) in [6, 6.07) is 36.3. The summed E-state index contributed by atoms with van der Waals surface area (Å²) < 4.78 is 6.56. The monoisotopic (exact) mass is 530 g/mol. The van der Waals surface area contributed by atoms with Crippen LogP contribution in [-0.2, 0) is 14.1 Å². The lowest BCUT2D eigenvalue weighted by Gasteiger charge is -2.11. The van der Waals surface area contributed by atoms with Crippen molar-refractivity contribution in [1.29, 1.82) is 0 Å². The Labute approximate surface area is 236 Å². The van der Waals surface area contributed by atoms with Crippen molar-refractivity contribution in [2.24, 2.45) is 14.1 Å². The second-order valence-electron chi connectivity index (χ2n) is 10.4. The predicted octanol–water partition coefficient (Wildman–Crippen LogP) is 7.80. The highest BCUT2D eigenvalue weighted by Gasteiger charge is 2.17. The largest absolute Gasteiger partial charge is 0.334 e. The second-order valence-corrected chi connectivity index (χ2v) is 10.4. The van der Waals surface area contributed by atoms with Crippen LogP contribution < -0.4 is 0 Å². The Morgan fingerprint density at radius 1 is 0.561 bits per heavy atom. The topological polar surface area (TPSA) is 53.5 Å². The van der Waals surface area contributed by atoms with E-state index in [-0.39, 0.29) is 0 Å². The van der Waals surface area contributed by atoms with Gasteiger partial charge in [0.05, 0.1) is 27.8 Å². The van der Waals surface area contributed by atoms with Gasteiger partial charge in [-0.2, -0.15) is 0 Å². The molecule has 6 heteroatoms. The summed E-state index contributed by atoms with van der Waals surface area (Å²) in [6.07, 6.45) is 5.63. The number of aromatic nitrogens is 6. The van der Waals surface area contributed by atoms with Crippen molar-refractivity contribution in [3.8, 4) is 39.7 Å². The van der Waals surface area contributed by atoms with Gasteiger partial charge in [-0.1, -0.05) is 48.5 Å². The molecular formula is C35H26N6. The van der Waals surface area contributed by atoms with Crippen LogP contribution in [0.1, 0.15) is 0 Å². The molecule has 0 aliphatic heterocycles. The van der Waals surface area contributed by atoms with Crippen LogP contribution in [-0.4, -0.2) is 28.7 Å². The van der Waals surface area contributed by atoms with Crippen molar-refractivity contribution in [2.75, 3.05) is 0 Å². The van der Waals surface area contributed by atoms with Crippen molar-refractivity contribution in [1.82, 2.24) is 28.7 Å². The minimum atomic E-state index is 0.929. The summed E-state index contributed by atoms with van der Waals surface area (Å²) in [7, 11) is 4.10. The molecule has 0 aliphatic rings. The van der Waals surface area contributed by atoms with Crippen LogP contribution >= 0.6 is 0 Å². The normalized spacial score (nSPS) is 11.7. The Morgan fingerprint density at radius 2 is 1.37 bits per heavy atom. The Bertz CT molecular complexity index is 2230. The molecule has 6 nitrogen and oxygen atoms in total. The van der Waals surface area contributed by atoms with Gasteiger partial charge in [0.15, 0.2) is 0 Å². The van der Waals surface area contributed by atoms with E-state index >= 15 is 0 Å². The zero-order chi connectivity index (χ0) is 27.5. The number of rotatable bonds is 4. The lowest BCUT2D eigenvalue weighted by molar-refractivity contribution is 0.924. The van der Waals surface area contributed by atoms with Gasteiger partial charge < -0.3 is 13.7 Å². The Hall–Kier alpha value is -5.49. The van der Waals surface area contributed by atoms with E-state index in [0.29, 0.717) is 0 Å². The van der Waals surface area contributed by atoms with Crippen molar-refractivity contribution in [3.63, 3.8) is 0 Å². The highest BCUT2D eigenvalue weighted by Crippen LogP contribution is 2.36. The standard InChI is InChI=1S/C35H26N6/c1-39-19-18-37-34(39)24-14-16-30-33(22-24)40(2)35(38-30)25-13-15-28-27-10-3-4-12-31(27)41(32(28)21-25)26-9-7-8-23(20-26)29-11-5-6-17-36-29/h3-22H,1-2H3.